The van der Waals surface area contributed by atoms with Crippen LogP contribution in [-0.4, -0.2) is 51.3 Å². The van der Waals surface area contributed by atoms with Gasteiger partial charge in [0.05, 0.1) is 12.2 Å². The molecular formula is C10H11ClN2O3. The quantitative estimate of drug-likeness (QED) is 0.676. The van der Waals surface area contributed by atoms with Crippen molar-refractivity contribution in [1.29, 1.82) is 0 Å². The van der Waals surface area contributed by atoms with Gasteiger partial charge in [-0.3, -0.25) is 4.79 Å². The number of hydrogen-bond donors (Lipinski definition) is 2. The molecule has 5 nitrogen and oxygen atoms in total. The molecule has 2 heterocycles. The first-order valence-corrected chi connectivity index (χ1v) is 5.22. The number of likely N-dealkylation sites (tertiary alicyclic amines) is 1. The van der Waals surface area contributed by atoms with E-state index in [9.17, 15) is 15.0 Å². The largest absolute Gasteiger partial charge is 0.388 e. The molecule has 2 atom stereocenters. The Labute approximate surface area is 97.3 Å². The number of nitrogens with zero attached hydrogens (tertiary/aromatic N) is 2. The second kappa shape index (κ2) is 4.37. The summed E-state index contributed by atoms with van der Waals surface area (Å²) in [6, 6.07) is 3.01. The molecule has 0 radical (unpaired) electrons. The SMILES string of the molecule is O=C(c1ccnc(Cl)c1)N1C[C@@H](O)[C@@H](O)C1. The third-order valence-electron chi connectivity index (χ3n) is 2.52. The first-order valence-electron chi connectivity index (χ1n) is 4.85. The molecule has 0 saturated carbocycles. The lowest BCUT2D eigenvalue weighted by molar-refractivity contribution is 0.0572. The molecule has 0 unspecified atom stereocenters. The first-order chi connectivity index (χ1) is 7.58. The summed E-state index contributed by atoms with van der Waals surface area (Å²) in [7, 11) is 0. The summed E-state index contributed by atoms with van der Waals surface area (Å²) in [6.07, 6.45) is -0.305. The van der Waals surface area contributed by atoms with Gasteiger partial charge in [0, 0.05) is 24.8 Å². The van der Waals surface area contributed by atoms with E-state index in [0.29, 0.717) is 5.56 Å². The van der Waals surface area contributed by atoms with Crippen molar-refractivity contribution in [2.24, 2.45) is 0 Å². The maximum Gasteiger partial charge on any atom is 0.254 e. The highest BCUT2D eigenvalue weighted by molar-refractivity contribution is 6.29. The topological polar surface area (TPSA) is 73.7 Å². The van der Waals surface area contributed by atoms with Gasteiger partial charge in [0.15, 0.2) is 0 Å². The summed E-state index contributed by atoms with van der Waals surface area (Å²) in [5, 5.41) is 18.9. The minimum atomic E-state index is -0.874. The van der Waals surface area contributed by atoms with Crippen LogP contribution >= 0.6 is 11.6 Å². The minimum Gasteiger partial charge on any atom is -0.388 e. The van der Waals surface area contributed by atoms with Crippen molar-refractivity contribution >= 4 is 17.5 Å². The number of pyridine rings is 1. The first kappa shape index (κ1) is 11.3. The smallest absolute Gasteiger partial charge is 0.254 e. The lowest BCUT2D eigenvalue weighted by Gasteiger charge is -2.15. The number of aromatic nitrogens is 1. The number of amides is 1. The van der Waals surface area contributed by atoms with Crippen LogP contribution in [0.5, 0.6) is 0 Å². The van der Waals surface area contributed by atoms with Gasteiger partial charge < -0.3 is 15.1 Å². The standard InChI is InChI=1S/C10H11ClN2O3/c11-9-3-6(1-2-12-9)10(16)13-4-7(14)8(15)5-13/h1-3,7-8,14-15H,4-5H2/t7-,8+. The van der Waals surface area contributed by atoms with Gasteiger partial charge in [0.2, 0.25) is 0 Å². The summed E-state index contributed by atoms with van der Waals surface area (Å²) in [4.78, 5) is 17.1. The van der Waals surface area contributed by atoms with Gasteiger partial charge in [0.25, 0.3) is 5.91 Å². The molecule has 1 amide bonds. The van der Waals surface area contributed by atoms with E-state index in [-0.39, 0.29) is 24.1 Å². The van der Waals surface area contributed by atoms with Crippen LogP contribution in [0, 0.1) is 0 Å². The fourth-order valence-electron chi connectivity index (χ4n) is 1.65. The van der Waals surface area contributed by atoms with Crippen molar-refractivity contribution in [2.75, 3.05) is 13.1 Å². The highest BCUT2D eigenvalue weighted by Gasteiger charge is 2.32. The Morgan fingerprint density at radius 2 is 2.06 bits per heavy atom. The van der Waals surface area contributed by atoms with Crippen LogP contribution in [0.25, 0.3) is 0 Å². The number of carbonyl (C=O) groups excluding carboxylic acids is 1. The maximum absolute atomic E-state index is 11.9. The normalized spacial score (nSPS) is 24.8. The number of rotatable bonds is 1. The van der Waals surface area contributed by atoms with Crippen LogP contribution in [0.4, 0.5) is 0 Å². The zero-order valence-corrected chi connectivity index (χ0v) is 9.13. The molecule has 86 valence electrons. The Kier molecular flexibility index (Phi) is 3.09. The second-order valence-corrected chi connectivity index (χ2v) is 4.10. The Balaban J connectivity index is 2.14. The van der Waals surface area contributed by atoms with Gasteiger partial charge in [-0.15, -0.1) is 0 Å². The van der Waals surface area contributed by atoms with Gasteiger partial charge in [-0.2, -0.15) is 0 Å². The van der Waals surface area contributed by atoms with Crippen LogP contribution in [-0.2, 0) is 0 Å². The lowest BCUT2D eigenvalue weighted by atomic mass is 10.2. The van der Waals surface area contributed by atoms with Gasteiger partial charge in [0.1, 0.15) is 5.15 Å². The highest BCUT2D eigenvalue weighted by atomic mass is 35.5. The Bertz CT molecular complexity index is 403. The molecule has 2 rings (SSSR count). The van der Waals surface area contributed by atoms with Crippen LogP contribution < -0.4 is 0 Å². The summed E-state index contributed by atoms with van der Waals surface area (Å²) in [5.41, 5.74) is 0.404. The molecular weight excluding hydrogens is 232 g/mol. The van der Waals surface area contributed by atoms with Gasteiger partial charge >= 0.3 is 0 Å². The molecule has 0 aromatic carbocycles. The number of β-amino-alcohol motifs (C(OH)–C–C–N with tert-alkyl or cyclic N) is 2. The Morgan fingerprint density at radius 3 is 2.62 bits per heavy atom. The summed E-state index contributed by atoms with van der Waals surface area (Å²) in [5.74, 6) is -0.264. The van der Waals surface area contributed by atoms with Crippen LogP contribution in [0.1, 0.15) is 10.4 Å². The van der Waals surface area contributed by atoms with Crippen molar-refractivity contribution in [3.8, 4) is 0 Å². The van der Waals surface area contributed by atoms with E-state index in [1.54, 1.807) is 6.07 Å². The summed E-state index contributed by atoms with van der Waals surface area (Å²) >= 11 is 5.67. The number of aliphatic hydroxyl groups is 2. The molecule has 1 aliphatic rings. The second-order valence-electron chi connectivity index (χ2n) is 3.71. The molecule has 0 spiro atoms. The van der Waals surface area contributed by atoms with Crippen molar-refractivity contribution in [2.45, 2.75) is 12.2 Å². The van der Waals surface area contributed by atoms with E-state index >= 15 is 0 Å². The van der Waals surface area contributed by atoms with E-state index in [2.05, 4.69) is 4.98 Å². The maximum atomic E-state index is 11.9. The molecule has 1 aliphatic heterocycles. The number of aliphatic hydroxyl groups excluding tert-OH is 2. The van der Waals surface area contributed by atoms with Crippen molar-refractivity contribution in [1.82, 2.24) is 9.88 Å². The molecule has 1 aromatic rings. The fourth-order valence-corrected chi connectivity index (χ4v) is 1.83. The third-order valence-corrected chi connectivity index (χ3v) is 2.73. The summed E-state index contributed by atoms with van der Waals surface area (Å²) < 4.78 is 0. The number of halogens is 1. The van der Waals surface area contributed by atoms with Crippen LogP contribution in [0.15, 0.2) is 18.3 Å². The third kappa shape index (κ3) is 2.16. The molecule has 2 N–H and O–H groups in total. The zero-order chi connectivity index (χ0) is 11.7. The predicted octanol–water partition coefficient (Wildman–Crippen LogP) is -0.0874. The number of carbonyl (C=O) groups is 1. The molecule has 1 fully saturated rings. The van der Waals surface area contributed by atoms with Crippen molar-refractivity contribution in [3.63, 3.8) is 0 Å². The molecule has 1 aromatic heterocycles. The Hall–Kier alpha value is -1.17. The van der Waals surface area contributed by atoms with Crippen molar-refractivity contribution in [3.05, 3.63) is 29.0 Å². The van der Waals surface area contributed by atoms with Gasteiger partial charge in [-0.25, -0.2) is 4.98 Å². The van der Waals surface area contributed by atoms with Crippen LogP contribution in [0.3, 0.4) is 0 Å². The highest BCUT2D eigenvalue weighted by Crippen LogP contribution is 2.15. The minimum absolute atomic E-state index is 0.139. The molecule has 16 heavy (non-hydrogen) atoms. The molecule has 1 saturated heterocycles. The van der Waals surface area contributed by atoms with E-state index in [1.807, 2.05) is 0 Å². The van der Waals surface area contributed by atoms with E-state index in [1.165, 1.54) is 17.2 Å². The molecule has 0 aliphatic carbocycles. The van der Waals surface area contributed by atoms with Gasteiger partial charge in [-0.1, -0.05) is 11.6 Å². The molecule has 6 heteroatoms. The van der Waals surface area contributed by atoms with E-state index in [0.717, 1.165) is 0 Å². The molecule has 0 bridgehead atoms. The fraction of sp³-hybridized carbons (Fsp3) is 0.400. The Morgan fingerprint density at radius 1 is 1.44 bits per heavy atom. The number of hydrogen-bond acceptors (Lipinski definition) is 4. The van der Waals surface area contributed by atoms with Crippen LogP contribution in [0.2, 0.25) is 5.15 Å². The average Bonchev–Trinajstić information content (AvgIpc) is 2.58. The summed E-state index contributed by atoms with van der Waals surface area (Å²) in [6.45, 7) is 0.278. The van der Waals surface area contributed by atoms with Gasteiger partial charge in [-0.05, 0) is 12.1 Å². The predicted molar refractivity (Wildman–Crippen MR) is 57.2 cm³/mol. The monoisotopic (exact) mass is 242 g/mol. The average molecular weight is 243 g/mol. The van der Waals surface area contributed by atoms with E-state index < -0.39 is 12.2 Å². The lowest BCUT2D eigenvalue weighted by Crippen LogP contribution is -2.29. The van der Waals surface area contributed by atoms with Crippen molar-refractivity contribution < 1.29 is 15.0 Å². The zero-order valence-electron chi connectivity index (χ0n) is 8.38. The van der Waals surface area contributed by atoms with E-state index in [4.69, 9.17) is 11.6 Å².